The first-order chi connectivity index (χ1) is 15.3. The van der Waals surface area contributed by atoms with Crippen LogP contribution in [0.5, 0.6) is 0 Å². The van der Waals surface area contributed by atoms with Crippen molar-refractivity contribution < 1.29 is 24.2 Å². The lowest BCUT2D eigenvalue weighted by atomic mass is 9.74. The fourth-order valence-electron chi connectivity index (χ4n) is 5.97. The van der Waals surface area contributed by atoms with Crippen LogP contribution in [0.2, 0.25) is 0 Å². The molecule has 2 unspecified atom stereocenters. The molecule has 4 rings (SSSR count). The van der Waals surface area contributed by atoms with Crippen LogP contribution in [0.25, 0.3) is 0 Å². The molecule has 1 N–H and O–H groups in total. The van der Waals surface area contributed by atoms with Gasteiger partial charge < -0.3 is 19.6 Å². The number of amides is 2. The minimum atomic E-state index is -0.869. The Morgan fingerprint density at radius 2 is 2.00 bits per heavy atom. The molecule has 0 radical (unpaired) electrons. The molecule has 176 valence electrons. The van der Waals surface area contributed by atoms with Crippen LogP contribution in [0.4, 0.5) is 0 Å². The summed E-state index contributed by atoms with van der Waals surface area (Å²) >= 11 is 1.55. The number of thioether (sulfide) groups is 1. The van der Waals surface area contributed by atoms with E-state index in [-0.39, 0.29) is 37.0 Å². The van der Waals surface area contributed by atoms with Crippen molar-refractivity contribution in [3.05, 3.63) is 24.3 Å². The highest BCUT2D eigenvalue weighted by Gasteiger charge is 2.73. The number of β-amino-alcohol motifs (C(OH)–C–C–N with tert-alkyl or cyclic N) is 1. The van der Waals surface area contributed by atoms with Crippen molar-refractivity contribution in [3.63, 3.8) is 0 Å². The van der Waals surface area contributed by atoms with Crippen molar-refractivity contribution in [2.45, 2.75) is 68.0 Å². The number of carbonyl (C=O) groups excluding carboxylic acids is 3. The van der Waals surface area contributed by atoms with Gasteiger partial charge in [0, 0.05) is 23.9 Å². The number of allylic oxidation sites excluding steroid dienone is 1. The molecule has 0 bridgehead atoms. The minimum absolute atomic E-state index is 0.0430. The van der Waals surface area contributed by atoms with E-state index in [4.69, 9.17) is 4.74 Å². The van der Waals surface area contributed by atoms with Crippen molar-refractivity contribution >= 4 is 29.5 Å². The summed E-state index contributed by atoms with van der Waals surface area (Å²) in [6.07, 6.45) is 11.5. The molecule has 0 aromatic rings. The summed E-state index contributed by atoms with van der Waals surface area (Å²) in [5.74, 6) is -2.09. The zero-order valence-electron chi connectivity index (χ0n) is 19.2. The zero-order chi connectivity index (χ0) is 23.1. The van der Waals surface area contributed by atoms with Crippen molar-refractivity contribution in [2.75, 3.05) is 26.3 Å². The maximum Gasteiger partial charge on any atom is 0.311 e. The van der Waals surface area contributed by atoms with Crippen LogP contribution in [0.3, 0.4) is 0 Å². The van der Waals surface area contributed by atoms with Gasteiger partial charge in [0.05, 0.1) is 29.8 Å². The number of hydrogen-bond acceptors (Lipinski definition) is 6. The van der Waals surface area contributed by atoms with Crippen LogP contribution in [0.15, 0.2) is 24.3 Å². The molecule has 2 saturated heterocycles. The van der Waals surface area contributed by atoms with Crippen LogP contribution >= 0.6 is 11.8 Å². The van der Waals surface area contributed by atoms with Gasteiger partial charge in [0.25, 0.3) is 0 Å². The molecule has 0 aromatic carbocycles. The second-order valence-corrected chi connectivity index (χ2v) is 11.3. The average Bonchev–Trinajstić information content (AvgIpc) is 3.08. The fourth-order valence-corrected chi connectivity index (χ4v) is 8.12. The highest BCUT2D eigenvalue weighted by molar-refractivity contribution is 8.02. The number of rotatable bonds is 5. The summed E-state index contributed by atoms with van der Waals surface area (Å²) in [5, 5.41) is 9.72. The lowest BCUT2D eigenvalue weighted by Crippen LogP contribution is -2.55. The van der Waals surface area contributed by atoms with Crippen LogP contribution in [0.1, 0.15) is 46.5 Å². The third-order valence-electron chi connectivity index (χ3n) is 7.36. The standard InChI is InChI=1S/C24H34N2O5S/c1-4-9-16(2)25-12-8-11-24-17(20(28)26(13-14-27)19(24)21(25)29)18-22(30)31-15-7-5-6-10-23(18,3)32-24/h6,8,10-11,16-19,27H,4-5,7,9,12-15H2,1-3H3/b10-6-/t16?,17-,18+,19?,23-,24-/m0/s1. The van der Waals surface area contributed by atoms with Gasteiger partial charge in [-0.1, -0.05) is 37.6 Å². The molecule has 2 fully saturated rings. The SMILES string of the molecule is CCCC(C)N1CC=C[C@]23S[C@@]4(C)/C=C\CCCOC(=O)[C@H]4[C@H]2C(=O)N(CCO)C3C1=O. The third-order valence-corrected chi connectivity index (χ3v) is 9.16. The predicted octanol–water partition coefficient (Wildman–Crippen LogP) is 2.15. The topological polar surface area (TPSA) is 87.2 Å². The van der Waals surface area contributed by atoms with Gasteiger partial charge in [-0.3, -0.25) is 14.4 Å². The van der Waals surface area contributed by atoms with E-state index in [0.29, 0.717) is 13.2 Å². The second-order valence-electron chi connectivity index (χ2n) is 9.50. The van der Waals surface area contributed by atoms with Gasteiger partial charge in [0.15, 0.2) is 0 Å². The summed E-state index contributed by atoms with van der Waals surface area (Å²) in [7, 11) is 0. The molecule has 6 atom stereocenters. The fraction of sp³-hybridized carbons (Fsp3) is 0.708. The first-order valence-corrected chi connectivity index (χ1v) is 12.6. The lowest BCUT2D eigenvalue weighted by Gasteiger charge is -2.38. The Morgan fingerprint density at radius 1 is 1.22 bits per heavy atom. The molecule has 0 aliphatic carbocycles. The van der Waals surface area contributed by atoms with Gasteiger partial charge in [-0.05, 0) is 33.1 Å². The molecule has 1 spiro atoms. The molecule has 4 aliphatic rings. The summed E-state index contributed by atoms with van der Waals surface area (Å²) in [6.45, 7) is 6.77. The molecular weight excluding hydrogens is 428 g/mol. The molecular formula is C24H34N2O5S. The summed E-state index contributed by atoms with van der Waals surface area (Å²) < 4.78 is 4.07. The van der Waals surface area contributed by atoms with Gasteiger partial charge in [0.1, 0.15) is 6.04 Å². The maximum atomic E-state index is 14.0. The molecule has 8 heteroatoms. The zero-order valence-corrected chi connectivity index (χ0v) is 20.0. The number of cyclic esters (lactones) is 1. The number of esters is 1. The van der Waals surface area contributed by atoms with E-state index >= 15 is 0 Å². The second kappa shape index (κ2) is 8.86. The molecule has 2 amide bonds. The van der Waals surface area contributed by atoms with E-state index < -0.39 is 27.4 Å². The molecule has 7 nitrogen and oxygen atoms in total. The minimum Gasteiger partial charge on any atom is -0.465 e. The summed E-state index contributed by atoms with van der Waals surface area (Å²) in [4.78, 5) is 44.4. The third kappa shape index (κ3) is 3.50. The number of likely N-dealkylation sites (tertiary alicyclic amines) is 1. The number of hydrogen-bond donors (Lipinski definition) is 1. The number of aliphatic hydroxyl groups excluding tert-OH is 1. The molecule has 32 heavy (non-hydrogen) atoms. The average molecular weight is 463 g/mol. The maximum absolute atomic E-state index is 14.0. The van der Waals surface area contributed by atoms with Gasteiger partial charge in [0.2, 0.25) is 11.8 Å². The summed E-state index contributed by atoms with van der Waals surface area (Å²) in [6, 6.07) is -0.704. The number of fused-ring (bicyclic) bond motifs is 2. The molecule has 0 aromatic heterocycles. The largest absolute Gasteiger partial charge is 0.465 e. The van der Waals surface area contributed by atoms with Gasteiger partial charge in [-0.15, -0.1) is 11.8 Å². The van der Waals surface area contributed by atoms with Gasteiger partial charge >= 0.3 is 5.97 Å². The van der Waals surface area contributed by atoms with Gasteiger partial charge in [-0.25, -0.2) is 0 Å². The highest BCUT2D eigenvalue weighted by Crippen LogP contribution is 2.65. The number of ether oxygens (including phenoxy) is 1. The van der Waals surface area contributed by atoms with Gasteiger partial charge in [-0.2, -0.15) is 0 Å². The Bertz CT molecular complexity index is 844. The van der Waals surface area contributed by atoms with E-state index in [2.05, 4.69) is 13.0 Å². The van der Waals surface area contributed by atoms with E-state index in [9.17, 15) is 19.5 Å². The van der Waals surface area contributed by atoms with Crippen molar-refractivity contribution in [1.29, 1.82) is 0 Å². The molecule has 4 heterocycles. The molecule has 4 aliphatic heterocycles. The molecule has 0 saturated carbocycles. The van der Waals surface area contributed by atoms with E-state index in [0.717, 1.165) is 25.7 Å². The van der Waals surface area contributed by atoms with Crippen LogP contribution in [-0.4, -0.2) is 80.6 Å². The number of aliphatic hydroxyl groups is 1. The Labute approximate surface area is 194 Å². The normalized spacial score (nSPS) is 38.8. The first kappa shape index (κ1) is 23.4. The predicted molar refractivity (Wildman–Crippen MR) is 123 cm³/mol. The lowest BCUT2D eigenvalue weighted by molar-refractivity contribution is -0.154. The van der Waals surface area contributed by atoms with E-state index in [1.54, 1.807) is 11.8 Å². The van der Waals surface area contributed by atoms with Crippen LogP contribution < -0.4 is 0 Å². The Kier molecular flexibility index (Phi) is 6.47. The van der Waals surface area contributed by atoms with Crippen LogP contribution in [-0.2, 0) is 19.1 Å². The monoisotopic (exact) mass is 462 g/mol. The number of nitrogens with zero attached hydrogens (tertiary/aromatic N) is 2. The van der Waals surface area contributed by atoms with Crippen molar-refractivity contribution in [3.8, 4) is 0 Å². The smallest absolute Gasteiger partial charge is 0.311 e. The number of carbonyl (C=O) groups is 3. The summed E-state index contributed by atoms with van der Waals surface area (Å²) in [5.41, 5.74) is 0. The van der Waals surface area contributed by atoms with E-state index in [1.165, 1.54) is 4.90 Å². The Morgan fingerprint density at radius 3 is 2.72 bits per heavy atom. The Hall–Kier alpha value is -1.80. The first-order valence-electron chi connectivity index (χ1n) is 11.7. The Balaban J connectivity index is 1.84. The van der Waals surface area contributed by atoms with Crippen LogP contribution in [0, 0.1) is 11.8 Å². The van der Waals surface area contributed by atoms with E-state index in [1.807, 2.05) is 37.0 Å². The quantitative estimate of drug-likeness (QED) is 0.498. The highest BCUT2D eigenvalue weighted by atomic mass is 32.2. The van der Waals surface area contributed by atoms with Crippen molar-refractivity contribution in [2.24, 2.45) is 11.8 Å². The van der Waals surface area contributed by atoms with Crippen molar-refractivity contribution in [1.82, 2.24) is 9.80 Å².